The van der Waals surface area contributed by atoms with Crippen LogP contribution in [0.3, 0.4) is 0 Å². The van der Waals surface area contributed by atoms with Crippen LogP contribution >= 0.6 is 11.3 Å². The molecule has 0 unspecified atom stereocenters. The number of amides is 2. The second-order valence-corrected chi connectivity index (χ2v) is 7.04. The van der Waals surface area contributed by atoms with Crippen molar-refractivity contribution in [1.82, 2.24) is 9.80 Å². The zero-order valence-corrected chi connectivity index (χ0v) is 15.9. The van der Waals surface area contributed by atoms with E-state index in [9.17, 15) is 9.59 Å². The van der Waals surface area contributed by atoms with Gasteiger partial charge < -0.3 is 14.5 Å². The Morgan fingerprint density at radius 1 is 1.07 bits per heavy atom. The maximum Gasteiger partial charge on any atom is 0.264 e. The molecular weight excluding hydrogens is 360 g/mol. The van der Waals surface area contributed by atoms with Crippen molar-refractivity contribution in [3.8, 4) is 5.75 Å². The Bertz CT molecular complexity index is 804. The lowest BCUT2D eigenvalue weighted by atomic mass is 10.2. The molecule has 0 bridgehead atoms. The minimum atomic E-state index is -0.0368. The van der Waals surface area contributed by atoms with Gasteiger partial charge in [-0.3, -0.25) is 9.59 Å². The van der Waals surface area contributed by atoms with Crippen LogP contribution in [0.15, 0.2) is 60.5 Å². The number of hydrogen-bond acceptors (Lipinski definition) is 4. The van der Waals surface area contributed by atoms with Crippen molar-refractivity contribution in [2.75, 3.05) is 32.8 Å². The number of thiophene rings is 1. The van der Waals surface area contributed by atoms with Gasteiger partial charge in [0.2, 0.25) is 5.91 Å². The fourth-order valence-corrected chi connectivity index (χ4v) is 3.48. The Hall–Kier alpha value is -2.86. The lowest BCUT2D eigenvalue weighted by Gasteiger charge is -2.34. The molecule has 0 N–H and O–H groups in total. The summed E-state index contributed by atoms with van der Waals surface area (Å²) in [5.74, 6) is 0.779. The molecule has 27 heavy (non-hydrogen) atoms. The average Bonchev–Trinajstić information content (AvgIpc) is 3.25. The summed E-state index contributed by atoms with van der Waals surface area (Å²) in [6, 6.07) is 11.2. The number of benzene rings is 1. The van der Waals surface area contributed by atoms with Crippen molar-refractivity contribution >= 4 is 29.2 Å². The summed E-state index contributed by atoms with van der Waals surface area (Å²) in [5.41, 5.74) is 0.931. The van der Waals surface area contributed by atoms with Crippen molar-refractivity contribution in [3.63, 3.8) is 0 Å². The summed E-state index contributed by atoms with van der Waals surface area (Å²) in [6.07, 6.45) is 5.07. The summed E-state index contributed by atoms with van der Waals surface area (Å²) in [4.78, 5) is 29.1. The SMILES string of the molecule is C=CCOc1ccc(/C=C/C(=O)N2CCN(C(=O)c3cccs3)CC2)cc1. The topological polar surface area (TPSA) is 49.9 Å². The molecule has 5 nitrogen and oxygen atoms in total. The zero-order valence-electron chi connectivity index (χ0n) is 15.0. The molecule has 2 aromatic rings. The first kappa shape index (κ1) is 18.9. The second kappa shape index (κ2) is 9.19. The molecule has 1 aliphatic heterocycles. The van der Waals surface area contributed by atoms with E-state index in [1.807, 2.05) is 41.8 Å². The lowest BCUT2D eigenvalue weighted by Crippen LogP contribution is -2.50. The molecule has 6 heteroatoms. The maximum atomic E-state index is 12.4. The molecule has 1 aliphatic rings. The van der Waals surface area contributed by atoms with Crippen LogP contribution in [0, 0.1) is 0 Å². The van der Waals surface area contributed by atoms with Gasteiger partial charge in [-0.2, -0.15) is 0 Å². The van der Waals surface area contributed by atoms with Crippen LogP contribution in [0.1, 0.15) is 15.2 Å². The van der Waals surface area contributed by atoms with Gasteiger partial charge in [0.25, 0.3) is 5.91 Å². The standard InChI is InChI=1S/C21H22N2O3S/c1-2-15-26-18-8-5-17(6-9-18)7-10-20(24)22-11-13-23(14-12-22)21(25)19-4-3-16-27-19/h2-10,16H,1,11-15H2/b10-7+. The molecular formula is C21H22N2O3S. The lowest BCUT2D eigenvalue weighted by molar-refractivity contribution is -0.127. The predicted molar refractivity (Wildman–Crippen MR) is 108 cm³/mol. The number of piperazine rings is 1. The molecule has 140 valence electrons. The fourth-order valence-electron chi connectivity index (χ4n) is 2.79. The summed E-state index contributed by atoms with van der Waals surface area (Å²) in [7, 11) is 0. The first-order valence-corrected chi connectivity index (χ1v) is 9.69. The van der Waals surface area contributed by atoms with E-state index in [0.717, 1.165) is 16.2 Å². The molecule has 0 spiro atoms. The van der Waals surface area contributed by atoms with E-state index < -0.39 is 0 Å². The van der Waals surface area contributed by atoms with Gasteiger partial charge in [0.15, 0.2) is 0 Å². The second-order valence-electron chi connectivity index (χ2n) is 6.10. The zero-order chi connectivity index (χ0) is 19.1. The third-order valence-corrected chi connectivity index (χ3v) is 5.13. The van der Waals surface area contributed by atoms with Crippen molar-refractivity contribution in [1.29, 1.82) is 0 Å². The van der Waals surface area contributed by atoms with Crippen LogP contribution in [0.2, 0.25) is 0 Å². The molecule has 3 rings (SSSR count). The van der Waals surface area contributed by atoms with Gasteiger partial charge in [0, 0.05) is 32.3 Å². The van der Waals surface area contributed by atoms with Gasteiger partial charge >= 0.3 is 0 Å². The number of ether oxygens (including phenoxy) is 1. The Balaban J connectivity index is 1.49. The van der Waals surface area contributed by atoms with Crippen LogP contribution in [0.4, 0.5) is 0 Å². The highest BCUT2D eigenvalue weighted by atomic mass is 32.1. The molecule has 1 aromatic carbocycles. The number of carbonyl (C=O) groups excluding carboxylic acids is 2. The minimum absolute atomic E-state index is 0.0368. The van der Waals surface area contributed by atoms with E-state index in [-0.39, 0.29) is 11.8 Å². The molecule has 0 atom stereocenters. The molecule has 0 aliphatic carbocycles. The van der Waals surface area contributed by atoms with Crippen molar-refractivity contribution in [3.05, 3.63) is 70.9 Å². The van der Waals surface area contributed by atoms with E-state index in [1.165, 1.54) is 11.3 Å². The largest absolute Gasteiger partial charge is 0.490 e. The van der Waals surface area contributed by atoms with E-state index >= 15 is 0 Å². The quantitative estimate of drug-likeness (QED) is 0.569. The van der Waals surface area contributed by atoms with Gasteiger partial charge in [0.1, 0.15) is 12.4 Å². The van der Waals surface area contributed by atoms with Gasteiger partial charge in [-0.05, 0) is 35.2 Å². The van der Waals surface area contributed by atoms with Crippen molar-refractivity contribution in [2.45, 2.75) is 0 Å². The molecule has 1 aromatic heterocycles. The van der Waals surface area contributed by atoms with E-state index in [4.69, 9.17) is 4.74 Å². The van der Waals surface area contributed by atoms with Gasteiger partial charge in [-0.15, -0.1) is 11.3 Å². The van der Waals surface area contributed by atoms with E-state index in [1.54, 1.807) is 28.0 Å². The summed E-state index contributed by atoms with van der Waals surface area (Å²) in [6.45, 7) is 6.30. The fraction of sp³-hybridized carbons (Fsp3) is 0.238. The van der Waals surface area contributed by atoms with Crippen LogP contribution in [0.25, 0.3) is 6.08 Å². The Morgan fingerprint density at radius 2 is 1.78 bits per heavy atom. The van der Waals surface area contributed by atoms with Crippen molar-refractivity contribution in [2.24, 2.45) is 0 Å². The number of rotatable bonds is 6. The van der Waals surface area contributed by atoms with Gasteiger partial charge in [-0.1, -0.05) is 30.9 Å². The summed E-state index contributed by atoms with van der Waals surface area (Å²) < 4.78 is 5.44. The number of carbonyl (C=O) groups is 2. The third-order valence-electron chi connectivity index (χ3n) is 4.28. The highest BCUT2D eigenvalue weighted by Crippen LogP contribution is 2.15. The Morgan fingerprint density at radius 3 is 2.41 bits per heavy atom. The normalized spacial score (nSPS) is 14.4. The van der Waals surface area contributed by atoms with Crippen molar-refractivity contribution < 1.29 is 14.3 Å². The van der Waals surface area contributed by atoms with Crippen LogP contribution in [-0.4, -0.2) is 54.4 Å². The molecule has 2 heterocycles. The smallest absolute Gasteiger partial charge is 0.264 e. The average molecular weight is 382 g/mol. The molecule has 0 saturated carbocycles. The minimum Gasteiger partial charge on any atom is -0.490 e. The van der Waals surface area contributed by atoms with Gasteiger partial charge in [0.05, 0.1) is 4.88 Å². The van der Waals surface area contributed by atoms with Gasteiger partial charge in [-0.25, -0.2) is 0 Å². The molecule has 1 fully saturated rings. The van der Waals surface area contributed by atoms with E-state index in [2.05, 4.69) is 6.58 Å². The Kier molecular flexibility index (Phi) is 6.44. The predicted octanol–water partition coefficient (Wildman–Crippen LogP) is 3.31. The van der Waals surface area contributed by atoms with Crippen LogP contribution < -0.4 is 4.74 Å². The molecule has 2 amide bonds. The van der Waals surface area contributed by atoms with E-state index in [0.29, 0.717) is 32.8 Å². The number of hydrogen-bond donors (Lipinski definition) is 0. The first-order valence-electron chi connectivity index (χ1n) is 8.81. The first-order chi connectivity index (χ1) is 13.2. The molecule has 0 radical (unpaired) electrons. The Labute approximate surface area is 163 Å². The maximum absolute atomic E-state index is 12.4. The number of nitrogens with zero attached hydrogens (tertiary/aromatic N) is 2. The monoisotopic (exact) mass is 382 g/mol. The van der Waals surface area contributed by atoms with Crippen LogP contribution in [0.5, 0.6) is 5.75 Å². The molecule has 1 saturated heterocycles. The summed E-state index contributed by atoms with van der Waals surface area (Å²) in [5, 5.41) is 1.90. The third kappa shape index (κ3) is 5.08. The van der Waals surface area contributed by atoms with Crippen LogP contribution in [-0.2, 0) is 4.79 Å². The highest BCUT2D eigenvalue weighted by molar-refractivity contribution is 7.12. The highest BCUT2D eigenvalue weighted by Gasteiger charge is 2.24. The summed E-state index contributed by atoms with van der Waals surface area (Å²) >= 11 is 1.45.